The number of thioether (sulfide) groups is 1. The number of fused-ring (bicyclic) bond motifs is 1. The molecule has 4 N–H and O–H groups in total. The number of aliphatic carboxylic acids is 1. The number of anilines is 1. The fourth-order valence-electron chi connectivity index (χ4n) is 3.17. The molecule has 0 aromatic carbocycles. The predicted molar refractivity (Wildman–Crippen MR) is 126 cm³/mol. The van der Waals surface area contributed by atoms with Gasteiger partial charge in [-0.25, -0.2) is 9.78 Å². The zero-order valence-corrected chi connectivity index (χ0v) is 20.6. The molecular formula is C19H20ClN5O8S2. The Balaban J connectivity index is 1.74. The molecule has 1 aromatic rings. The number of ether oxygens (including phenoxy) is 1. The maximum absolute atomic E-state index is 12.9. The summed E-state index contributed by atoms with van der Waals surface area (Å²) in [7, 11) is 0. The number of carbonyl (C=O) groups is 5. The average molecular weight is 546 g/mol. The SMILES string of the molecule is CC(=O)CC(=O)OCC1=C(C(=O)O)N2C(=O)[C@@H](NC(=O)/C(=N\OCCCl)c3csc(N)n3)[C@H]2SC1. The highest BCUT2D eigenvalue weighted by Gasteiger charge is 2.54. The van der Waals surface area contributed by atoms with E-state index in [1.54, 1.807) is 0 Å². The van der Waals surface area contributed by atoms with Crippen LogP contribution in [0.4, 0.5) is 5.13 Å². The number of carboxylic acids is 1. The number of nitrogens with one attached hydrogen (secondary N) is 1. The number of nitrogens with zero attached hydrogens (tertiary/aromatic N) is 3. The number of hydrogen-bond donors (Lipinski definition) is 3. The standard InChI is InChI=1S/C19H20ClN5O8S2/c1-8(26)4-11(27)32-5-9-6-34-17-13(16(29)25(17)14(9)18(30)31)23-15(28)12(24-33-3-2-20)10-7-35-19(21)22-10/h7,13,17H,2-6H2,1H3,(H2,21,22)(H,23,28)(H,30,31)/b24-12-/t13-,17-/m1/s1. The minimum Gasteiger partial charge on any atom is -0.477 e. The number of carbonyl (C=O) groups excluding carboxylic acids is 4. The molecule has 0 radical (unpaired) electrons. The molecule has 2 atom stereocenters. The average Bonchev–Trinajstić information content (AvgIpc) is 3.23. The first-order valence-electron chi connectivity index (χ1n) is 9.97. The van der Waals surface area contributed by atoms with E-state index in [2.05, 4.69) is 15.5 Å². The number of β-lactam (4-membered cyclic amide) rings is 1. The fourth-order valence-corrected chi connectivity index (χ4v) is 5.12. The van der Waals surface area contributed by atoms with Crippen molar-refractivity contribution in [2.75, 3.05) is 30.6 Å². The number of carboxylic acid groups (broad SMARTS) is 1. The number of thiazole rings is 1. The van der Waals surface area contributed by atoms with E-state index in [9.17, 15) is 29.1 Å². The minimum absolute atomic E-state index is 0.0269. The Kier molecular flexibility index (Phi) is 8.69. The molecule has 2 amide bonds. The molecule has 16 heteroatoms. The summed E-state index contributed by atoms with van der Waals surface area (Å²) in [5, 5.41) is 16.9. The lowest BCUT2D eigenvalue weighted by Gasteiger charge is -2.49. The van der Waals surface area contributed by atoms with Gasteiger partial charge in [-0.05, 0) is 6.92 Å². The van der Waals surface area contributed by atoms with E-state index in [0.717, 1.165) is 16.2 Å². The van der Waals surface area contributed by atoms with Crippen molar-refractivity contribution in [2.45, 2.75) is 24.8 Å². The summed E-state index contributed by atoms with van der Waals surface area (Å²) in [6.45, 7) is 0.869. The lowest BCUT2D eigenvalue weighted by atomic mass is 10.0. The first-order valence-corrected chi connectivity index (χ1v) is 12.4. The van der Waals surface area contributed by atoms with E-state index < -0.39 is 47.4 Å². The Hall–Kier alpha value is -3.17. The topological polar surface area (TPSA) is 191 Å². The molecule has 3 heterocycles. The van der Waals surface area contributed by atoms with Gasteiger partial charge in [0.15, 0.2) is 10.8 Å². The smallest absolute Gasteiger partial charge is 0.352 e. The summed E-state index contributed by atoms with van der Waals surface area (Å²) in [6.07, 6.45) is -0.439. The van der Waals surface area contributed by atoms with Gasteiger partial charge in [-0.2, -0.15) is 0 Å². The van der Waals surface area contributed by atoms with Gasteiger partial charge in [0.25, 0.3) is 11.8 Å². The third kappa shape index (κ3) is 6.10. The number of amides is 2. The second kappa shape index (κ2) is 11.5. The predicted octanol–water partition coefficient (Wildman–Crippen LogP) is -0.0543. The first-order chi connectivity index (χ1) is 16.6. The Bertz CT molecular complexity index is 1120. The number of rotatable bonds is 11. The van der Waals surface area contributed by atoms with Gasteiger partial charge in [-0.15, -0.1) is 34.7 Å². The summed E-state index contributed by atoms with van der Waals surface area (Å²) in [4.78, 5) is 70.3. The van der Waals surface area contributed by atoms with Crippen LogP contribution >= 0.6 is 34.7 Å². The molecule has 0 aliphatic carbocycles. The summed E-state index contributed by atoms with van der Waals surface area (Å²) >= 11 is 7.83. The molecule has 1 saturated heterocycles. The van der Waals surface area contributed by atoms with Gasteiger partial charge in [0.05, 0.1) is 5.88 Å². The molecule has 1 fully saturated rings. The van der Waals surface area contributed by atoms with Crippen molar-refractivity contribution in [3.8, 4) is 0 Å². The van der Waals surface area contributed by atoms with Gasteiger partial charge < -0.3 is 25.7 Å². The van der Waals surface area contributed by atoms with Crippen molar-refractivity contribution in [2.24, 2.45) is 5.16 Å². The van der Waals surface area contributed by atoms with Crippen molar-refractivity contribution >= 4 is 75.1 Å². The number of hydrogen-bond acceptors (Lipinski definition) is 12. The molecule has 3 rings (SSSR count). The van der Waals surface area contributed by atoms with Crippen LogP contribution in [0.3, 0.4) is 0 Å². The van der Waals surface area contributed by atoms with Crippen molar-refractivity contribution in [3.05, 3.63) is 22.3 Å². The number of nitrogens with two attached hydrogens (primary N) is 1. The second-order valence-corrected chi connectivity index (χ2v) is 9.56. The Labute approximate surface area is 211 Å². The largest absolute Gasteiger partial charge is 0.477 e. The normalized spacial score (nSPS) is 19.5. The summed E-state index contributed by atoms with van der Waals surface area (Å²) in [5.74, 6) is -3.77. The van der Waals surface area contributed by atoms with Crippen LogP contribution < -0.4 is 11.1 Å². The Morgan fingerprint density at radius 2 is 2.14 bits per heavy atom. The molecule has 2 aliphatic heterocycles. The molecule has 188 valence electrons. The van der Waals surface area contributed by atoms with Crippen LogP contribution in [-0.4, -0.2) is 86.5 Å². The molecule has 0 bridgehead atoms. The van der Waals surface area contributed by atoms with Gasteiger partial charge in [-0.3, -0.25) is 24.1 Å². The number of nitrogen functional groups attached to an aromatic ring is 1. The van der Waals surface area contributed by atoms with Crippen LogP contribution in [0.5, 0.6) is 0 Å². The molecule has 0 spiro atoms. The van der Waals surface area contributed by atoms with Crippen LogP contribution in [0.25, 0.3) is 0 Å². The molecule has 0 unspecified atom stereocenters. The maximum atomic E-state index is 12.9. The number of esters is 1. The van der Waals surface area contributed by atoms with E-state index in [1.165, 1.54) is 24.1 Å². The van der Waals surface area contributed by atoms with Crippen molar-refractivity contribution in [1.82, 2.24) is 15.2 Å². The molecule has 35 heavy (non-hydrogen) atoms. The third-order valence-electron chi connectivity index (χ3n) is 4.64. The van der Waals surface area contributed by atoms with Crippen LogP contribution in [0.1, 0.15) is 19.0 Å². The van der Waals surface area contributed by atoms with Gasteiger partial charge in [0.2, 0.25) is 0 Å². The fraction of sp³-hybridized carbons (Fsp3) is 0.421. The van der Waals surface area contributed by atoms with Crippen LogP contribution in [0.2, 0.25) is 0 Å². The highest BCUT2D eigenvalue weighted by atomic mass is 35.5. The van der Waals surface area contributed by atoms with E-state index in [0.29, 0.717) is 0 Å². The van der Waals surface area contributed by atoms with Gasteiger partial charge >= 0.3 is 11.9 Å². The van der Waals surface area contributed by atoms with Crippen LogP contribution in [-0.2, 0) is 33.5 Å². The summed E-state index contributed by atoms with van der Waals surface area (Å²) in [6, 6.07) is -1.04. The molecular weight excluding hydrogens is 526 g/mol. The van der Waals surface area contributed by atoms with E-state index in [1.807, 2.05) is 0 Å². The zero-order valence-electron chi connectivity index (χ0n) is 18.2. The number of oxime groups is 1. The van der Waals surface area contributed by atoms with Gasteiger partial charge in [-0.1, -0.05) is 5.16 Å². The number of halogens is 1. The maximum Gasteiger partial charge on any atom is 0.352 e. The number of ketones is 1. The van der Waals surface area contributed by atoms with Gasteiger partial charge in [0.1, 0.15) is 48.2 Å². The van der Waals surface area contributed by atoms with E-state index in [4.69, 9.17) is 26.9 Å². The lowest BCUT2D eigenvalue weighted by Crippen LogP contribution is -2.71. The molecule has 1 aromatic heterocycles. The third-order valence-corrected chi connectivity index (χ3v) is 6.81. The highest BCUT2D eigenvalue weighted by Crippen LogP contribution is 2.40. The van der Waals surface area contributed by atoms with Crippen molar-refractivity contribution in [3.63, 3.8) is 0 Å². The number of aromatic nitrogens is 1. The zero-order chi connectivity index (χ0) is 25.7. The Morgan fingerprint density at radius 3 is 2.74 bits per heavy atom. The summed E-state index contributed by atoms with van der Waals surface area (Å²) in [5.41, 5.74) is 5.42. The second-order valence-electron chi connectivity index (χ2n) is 7.19. The first kappa shape index (κ1) is 26.4. The molecule has 0 saturated carbocycles. The number of alkyl halides is 1. The monoisotopic (exact) mass is 545 g/mol. The van der Waals surface area contributed by atoms with E-state index in [-0.39, 0.29) is 52.7 Å². The quantitative estimate of drug-likeness (QED) is 0.0642. The van der Waals surface area contributed by atoms with Crippen molar-refractivity contribution in [1.29, 1.82) is 0 Å². The van der Waals surface area contributed by atoms with Crippen molar-refractivity contribution < 1.29 is 38.7 Å². The van der Waals surface area contributed by atoms with Crippen LogP contribution in [0.15, 0.2) is 21.8 Å². The van der Waals surface area contributed by atoms with E-state index >= 15 is 0 Å². The molecule has 13 nitrogen and oxygen atoms in total. The Morgan fingerprint density at radius 1 is 1.40 bits per heavy atom. The lowest BCUT2D eigenvalue weighted by molar-refractivity contribution is -0.150. The number of Topliss-reactive ketones (excluding diaryl/α,β-unsaturated/α-hetero) is 1. The highest BCUT2D eigenvalue weighted by molar-refractivity contribution is 8.00. The van der Waals surface area contributed by atoms with Gasteiger partial charge in [0, 0.05) is 16.7 Å². The van der Waals surface area contributed by atoms with Crippen LogP contribution in [0, 0.1) is 0 Å². The summed E-state index contributed by atoms with van der Waals surface area (Å²) < 4.78 is 4.98. The molecule has 2 aliphatic rings. The minimum atomic E-state index is -1.39.